The lowest BCUT2D eigenvalue weighted by molar-refractivity contribution is 0.340. The maximum Gasteiger partial charge on any atom is 0.242 e. The molecule has 0 fully saturated rings. The van der Waals surface area contributed by atoms with Gasteiger partial charge >= 0.3 is 0 Å². The lowest BCUT2D eigenvalue weighted by Gasteiger charge is -2.06. The maximum atomic E-state index is 12.4. The lowest BCUT2D eigenvalue weighted by Crippen LogP contribution is -2.23. The highest BCUT2D eigenvalue weighted by atomic mass is 32.2. The molecule has 7 nitrogen and oxygen atoms in total. The Hall–Kier alpha value is -2.71. The van der Waals surface area contributed by atoms with Gasteiger partial charge in [-0.2, -0.15) is 4.98 Å². The van der Waals surface area contributed by atoms with Crippen LogP contribution in [0.15, 0.2) is 57.9 Å². The summed E-state index contributed by atoms with van der Waals surface area (Å²) in [5, 5.41) is 3.92. The summed E-state index contributed by atoms with van der Waals surface area (Å²) in [6.45, 7) is 4.24. The number of nitrogens with zero attached hydrogens (tertiary/aromatic N) is 2. The van der Waals surface area contributed by atoms with E-state index in [2.05, 4.69) is 14.9 Å². The molecule has 0 spiro atoms. The van der Waals surface area contributed by atoms with E-state index in [1.54, 1.807) is 12.1 Å². The van der Waals surface area contributed by atoms with Gasteiger partial charge in [0.05, 0.1) is 18.0 Å². The highest BCUT2D eigenvalue weighted by Gasteiger charge is 2.17. The van der Waals surface area contributed by atoms with Crippen molar-refractivity contribution in [2.75, 3.05) is 6.61 Å². The molecule has 1 N–H and O–H groups in total. The Morgan fingerprint density at radius 1 is 1.12 bits per heavy atom. The van der Waals surface area contributed by atoms with E-state index in [4.69, 9.17) is 9.26 Å². The standard InChI is InChI=1S/C18H19N3O4S/c1-3-24-14-8-10-15(11-9-14)26(22,23)19-12-17-20-18(21-25-17)16-7-5-4-6-13(16)2/h4-11,19H,3,12H2,1-2H3. The minimum atomic E-state index is -3.69. The van der Waals surface area contributed by atoms with Crippen LogP contribution >= 0.6 is 0 Å². The number of hydrogen-bond donors (Lipinski definition) is 1. The van der Waals surface area contributed by atoms with Crippen LogP contribution in [-0.2, 0) is 16.6 Å². The molecule has 3 rings (SSSR count). The van der Waals surface area contributed by atoms with Gasteiger partial charge in [0.1, 0.15) is 5.75 Å². The molecule has 136 valence electrons. The first-order valence-electron chi connectivity index (χ1n) is 8.10. The minimum Gasteiger partial charge on any atom is -0.494 e. The van der Waals surface area contributed by atoms with E-state index in [-0.39, 0.29) is 17.3 Å². The summed E-state index contributed by atoms with van der Waals surface area (Å²) in [5.74, 6) is 1.24. The van der Waals surface area contributed by atoms with E-state index in [0.717, 1.165) is 11.1 Å². The fourth-order valence-electron chi connectivity index (χ4n) is 2.38. The zero-order valence-corrected chi connectivity index (χ0v) is 15.3. The number of aryl methyl sites for hydroxylation is 1. The first-order valence-corrected chi connectivity index (χ1v) is 9.59. The van der Waals surface area contributed by atoms with Crippen LogP contribution in [0, 0.1) is 6.92 Å². The second kappa shape index (κ2) is 7.67. The first kappa shape index (κ1) is 18.1. The topological polar surface area (TPSA) is 94.3 Å². The minimum absolute atomic E-state index is 0.0889. The quantitative estimate of drug-likeness (QED) is 0.684. The van der Waals surface area contributed by atoms with Crippen molar-refractivity contribution in [3.05, 3.63) is 60.0 Å². The Kier molecular flexibility index (Phi) is 5.34. The van der Waals surface area contributed by atoms with Crippen LogP contribution in [-0.4, -0.2) is 25.2 Å². The van der Waals surface area contributed by atoms with Crippen molar-refractivity contribution in [2.45, 2.75) is 25.3 Å². The molecule has 3 aromatic rings. The van der Waals surface area contributed by atoms with Gasteiger partial charge in [0.2, 0.25) is 21.7 Å². The van der Waals surface area contributed by atoms with E-state index in [9.17, 15) is 8.42 Å². The molecule has 0 unspecified atom stereocenters. The number of aromatic nitrogens is 2. The molecule has 0 amide bonds. The van der Waals surface area contributed by atoms with Crippen LogP contribution in [0.3, 0.4) is 0 Å². The molecule has 8 heteroatoms. The number of nitrogens with one attached hydrogen (secondary N) is 1. The van der Waals surface area contributed by atoms with Gasteiger partial charge in [-0.3, -0.25) is 0 Å². The average Bonchev–Trinajstić information content (AvgIpc) is 3.10. The summed E-state index contributed by atoms with van der Waals surface area (Å²) in [4.78, 5) is 4.39. The van der Waals surface area contributed by atoms with E-state index >= 15 is 0 Å². The van der Waals surface area contributed by atoms with Crippen molar-refractivity contribution in [3.63, 3.8) is 0 Å². The van der Waals surface area contributed by atoms with Crippen LogP contribution in [0.1, 0.15) is 18.4 Å². The molecule has 26 heavy (non-hydrogen) atoms. The summed E-state index contributed by atoms with van der Waals surface area (Å²) in [6, 6.07) is 13.8. The molecule has 0 saturated heterocycles. The molecular weight excluding hydrogens is 354 g/mol. The van der Waals surface area contributed by atoms with E-state index < -0.39 is 10.0 Å². The number of rotatable bonds is 7. The number of hydrogen-bond acceptors (Lipinski definition) is 6. The molecular formula is C18H19N3O4S. The summed E-state index contributed by atoms with van der Waals surface area (Å²) >= 11 is 0. The van der Waals surface area contributed by atoms with Crippen molar-refractivity contribution in [2.24, 2.45) is 0 Å². The molecule has 1 aromatic heterocycles. The largest absolute Gasteiger partial charge is 0.494 e. The van der Waals surface area contributed by atoms with Gasteiger partial charge in [-0.1, -0.05) is 29.4 Å². The van der Waals surface area contributed by atoms with Gasteiger partial charge < -0.3 is 9.26 Å². The van der Waals surface area contributed by atoms with Crippen LogP contribution in [0.5, 0.6) is 5.75 Å². The third kappa shape index (κ3) is 4.09. The summed E-state index contributed by atoms with van der Waals surface area (Å²) < 4.78 is 37.6. The first-order chi connectivity index (χ1) is 12.5. The molecule has 0 aliphatic heterocycles. The molecule has 0 aliphatic carbocycles. The number of ether oxygens (including phenoxy) is 1. The molecule has 0 radical (unpaired) electrons. The summed E-state index contributed by atoms with van der Waals surface area (Å²) in [7, 11) is -3.69. The van der Waals surface area contributed by atoms with Crippen LogP contribution in [0.25, 0.3) is 11.4 Å². The normalized spacial score (nSPS) is 11.5. The SMILES string of the molecule is CCOc1ccc(S(=O)(=O)NCc2nc(-c3ccccc3C)no2)cc1. The Bertz CT molecular complexity index is 982. The Morgan fingerprint density at radius 3 is 2.54 bits per heavy atom. The highest BCUT2D eigenvalue weighted by molar-refractivity contribution is 7.89. The third-order valence-electron chi connectivity index (χ3n) is 3.71. The Balaban J connectivity index is 1.69. The Labute approximate surface area is 152 Å². The monoisotopic (exact) mass is 373 g/mol. The Morgan fingerprint density at radius 2 is 1.85 bits per heavy atom. The van der Waals surface area contributed by atoms with Gasteiger partial charge in [0.15, 0.2) is 0 Å². The highest BCUT2D eigenvalue weighted by Crippen LogP contribution is 2.20. The fourth-order valence-corrected chi connectivity index (χ4v) is 3.36. The van der Waals surface area contributed by atoms with Gasteiger partial charge in [-0.05, 0) is 43.7 Å². The molecule has 2 aromatic carbocycles. The zero-order chi connectivity index (χ0) is 18.6. The van der Waals surface area contributed by atoms with Crippen molar-refractivity contribution in [1.29, 1.82) is 0 Å². The predicted molar refractivity (Wildman–Crippen MR) is 96.1 cm³/mol. The second-order valence-electron chi connectivity index (χ2n) is 5.56. The fraction of sp³-hybridized carbons (Fsp3) is 0.222. The van der Waals surface area contributed by atoms with Crippen molar-refractivity contribution >= 4 is 10.0 Å². The lowest BCUT2D eigenvalue weighted by atomic mass is 10.1. The molecule has 0 saturated carbocycles. The van der Waals surface area contributed by atoms with Gasteiger partial charge in [-0.15, -0.1) is 0 Å². The van der Waals surface area contributed by atoms with Crippen molar-refractivity contribution < 1.29 is 17.7 Å². The molecule has 0 aliphatic rings. The molecule has 0 atom stereocenters. The van der Waals surface area contributed by atoms with Gasteiger partial charge in [-0.25, -0.2) is 13.1 Å². The maximum absolute atomic E-state index is 12.4. The predicted octanol–water partition coefficient (Wildman–Crippen LogP) is 2.92. The molecule has 1 heterocycles. The van der Waals surface area contributed by atoms with Crippen LogP contribution in [0.2, 0.25) is 0 Å². The van der Waals surface area contributed by atoms with E-state index in [0.29, 0.717) is 18.2 Å². The van der Waals surface area contributed by atoms with Crippen molar-refractivity contribution in [1.82, 2.24) is 14.9 Å². The van der Waals surface area contributed by atoms with Gasteiger partial charge in [0.25, 0.3) is 0 Å². The zero-order valence-electron chi connectivity index (χ0n) is 14.5. The van der Waals surface area contributed by atoms with E-state index in [1.165, 1.54) is 12.1 Å². The third-order valence-corrected chi connectivity index (χ3v) is 5.13. The average molecular weight is 373 g/mol. The summed E-state index contributed by atoms with van der Waals surface area (Å²) in [6.07, 6.45) is 0. The van der Waals surface area contributed by atoms with Crippen LogP contribution < -0.4 is 9.46 Å². The second-order valence-corrected chi connectivity index (χ2v) is 7.32. The summed E-state index contributed by atoms with van der Waals surface area (Å²) in [5.41, 5.74) is 1.85. The number of sulfonamides is 1. The molecule has 0 bridgehead atoms. The number of benzene rings is 2. The van der Waals surface area contributed by atoms with Gasteiger partial charge in [0, 0.05) is 5.56 Å². The smallest absolute Gasteiger partial charge is 0.242 e. The van der Waals surface area contributed by atoms with E-state index in [1.807, 2.05) is 38.1 Å². The van der Waals surface area contributed by atoms with Crippen molar-refractivity contribution in [3.8, 4) is 17.1 Å². The van der Waals surface area contributed by atoms with Crippen LogP contribution in [0.4, 0.5) is 0 Å².